The lowest BCUT2D eigenvalue weighted by Gasteiger charge is -2.42. The first-order valence-corrected chi connectivity index (χ1v) is 13.1. The highest BCUT2D eigenvalue weighted by Gasteiger charge is 2.58. The molecule has 2 aliphatic rings. The largest absolute Gasteiger partial charge is 0.477 e. The molecule has 2 aromatic rings. The van der Waals surface area contributed by atoms with E-state index in [4.69, 9.17) is 9.47 Å². The van der Waals surface area contributed by atoms with Gasteiger partial charge in [-0.05, 0) is 26.1 Å². The molecule has 0 saturated carbocycles. The van der Waals surface area contributed by atoms with Crippen molar-refractivity contribution >= 4 is 29.7 Å². The highest BCUT2D eigenvalue weighted by Crippen LogP contribution is 2.40. The first kappa shape index (κ1) is 30.9. The van der Waals surface area contributed by atoms with Crippen LogP contribution in [0.3, 0.4) is 0 Å². The molecular formula is C24H30F5N9O4. The van der Waals surface area contributed by atoms with Gasteiger partial charge in [-0.2, -0.15) is 18.2 Å². The van der Waals surface area contributed by atoms with Gasteiger partial charge in [0.25, 0.3) is 5.92 Å². The number of aromatic nitrogens is 4. The molecule has 42 heavy (non-hydrogen) atoms. The van der Waals surface area contributed by atoms with Gasteiger partial charge in [-0.15, -0.1) is 0 Å². The van der Waals surface area contributed by atoms with Crippen LogP contribution in [0.4, 0.5) is 49.1 Å². The molecule has 0 radical (unpaired) electrons. The van der Waals surface area contributed by atoms with Crippen LogP contribution in [0.25, 0.3) is 0 Å². The second kappa shape index (κ2) is 12.4. The number of ether oxygens (including phenoxy) is 2. The highest BCUT2D eigenvalue weighted by molar-refractivity contribution is 5.88. The lowest BCUT2D eigenvalue weighted by atomic mass is 9.91. The van der Waals surface area contributed by atoms with Crippen molar-refractivity contribution in [2.24, 2.45) is 0 Å². The smallest absolute Gasteiger partial charge is 0.428 e. The number of carbonyl (C=O) groups is 2. The van der Waals surface area contributed by atoms with E-state index in [0.29, 0.717) is 6.61 Å². The van der Waals surface area contributed by atoms with Gasteiger partial charge in [0.2, 0.25) is 17.4 Å². The lowest BCUT2D eigenvalue weighted by molar-refractivity contribution is -0.264. The standard InChI is InChI=1S/C24H30F5N9O4/c1-3-41-18-13-32-17(12-33-18)35-20(39)37(2)15-14-38(11-7-23(15,25)26)19-31-8-4-16(34-19)36-21(40)42-22(24(27,28)29)5-9-30-10-6-22/h4,8,12-13,15,30H,3,5-7,9-11,14H2,1-2H3,(H,32,35,39)(H,31,34,36,40)/t15-/m0/s1. The van der Waals surface area contributed by atoms with Crippen molar-refractivity contribution < 1.29 is 41.0 Å². The molecule has 2 aromatic heterocycles. The third-order valence-electron chi connectivity index (χ3n) is 6.91. The number of carbonyl (C=O) groups excluding carboxylic acids is 2. The normalized spacial score (nSPS) is 19.9. The first-order chi connectivity index (χ1) is 19.8. The van der Waals surface area contributed by atoms with E-state index >= 15 is 0 Å². The molecule has 3 N–H and O–H groups in total. The molecule has 3 amide bonds. The summed E-state index contributed by atoms with van der Waals surface area (Å²) in [6.45, 7) is 1.58. The molecule has 1 atom stereocenters. The van der Waals surface area contributed by atoms with Crippen LogP contribution in [0.5, 0.6) is 5.88 Å². The molecule has 0 bridgehead atoms. The number of rotatable bonds is 7. The zero-order chi connectivity index (χ0) is 30.5. The van der Waals surface area contributed by atoms with Crippen LogP contribution in [-0.2, 0) is 4.74 Å². The number of nitrogens with zero attached hydrogens (tertiary/aromatic N) is 6. The van der Waals surface area contributed by atoms with Crippen LogP contribution in [0, 0.1) is 0 Å². The van der Waals surface area contributed by atoms with E-state index in [9.17, 15) is 31.5 Å². The van der Waals surface area contributed by atoms with Crippen LogP contribution < -0.4 is 25.6 Å². The second-order valence-electron chi connectivity index (χ2n) is 9.69. The number of nitrogens with one attached hydrogen (secondary N) is 3. The van der Waals surface area contributed by atoms with Crippen molar-refractivity contribution in [2.75, 3.05) is 55.4 Å². The van der Waals surface area contributed by atoms with Crippen molar-refractivity contribution in [2.45, 2.75) is 49.9 Å². The number of alkyl halides is 5. The Morgan fingerprint density at radius 3 is 2.50 bits per heavy atom. The number of urea groups is 1. The predicted octanol–water partition coefficient (Wildman–Crippen LogP) is 3.28. The number of hydrogen-bond acceptors (Lipinski definition) is 10. The Kier molecular flexibility index (Phi) is 9.12. The zero-order valence-corrected chi connectivity index (χ0v) is 22.7. The van der Waals surface area contributed by atoms with Crippen LogP contribution in [0.15, 0.2) is 24.7 Å². The lowest BCUT2D eigenvalue weighted by Crippen LogP contribution is -2.60. The van der Waals surface area contributed by atoms with Gasteiger partial charge in [-0.1, -0.05) is 0 Å². The van der Waals surface area contributed by atoms with Gasteiger partial charge < -0.3 is 24.6 Å². The number of anilines is 3. The quantitative estimate of drug-likeness (QED) is 0.403. The molecule has 0 aromatic carbocycles. The van der Waals surface area contributed by atoms with Crippen LogP contribution in [-0.4, -0.2) is 101 Å². The fourth-order valence-electron chi connectivity index (χ4n) is 4.57. The number of amides is 3. The van der Waals surface area contributed by atoms with E-state index in [-0.39, 0.29) is 49.6 Å². The number of halogens is 5. The van der Waals surface area contributed by atoms with Gasteiger partial charge in [0.1, 0.15) is 11.9 Å². The fraction of sp³-hybridized carbons (Fsp3) is 0.583. The summed E-state index contributed by atoms with van der Waals surface area (Å²) < 4.78 is 81.1. The van der Waals surface area contributed by atoms with E-state index in [1.165, 1.54) is 36.6 Å². The van der Waals surface area contributed by atoms with Gasteiger partial charge >= 0.3 is 18.3 Å². The number of hydrogen-bond donors (Lipinski definition) is 3. The van der Waals surface area contributed by atoms with E-state index in [0.717, 1.165) is 4.90 Å². The maximum absolute atomic E-state index is 14.9. The topological polar surface area (TPSA) is 147 Å². The van der Waals surface area contributed by atoms with Crippen LogP contribution >= 0.6 is 0 Å². The van der Waals surface area contributed by atoms with Gasteiger partial charge in [-0.3, -0.25) is 10.6 Å². The average molecular weight is 604 g/mol. The zero-order valence-electron chi connectivity index (χ0n) is 22.7. The summed E-state index contributed by atoms with van der Waals surface area (Å²) in [5, 5.41) is 7.37. The summed E-state index contributed by atoms with van der Waals surface area (Å²) in [5.41, 5.74) is -2.65. The molecular weight excluding hydrogens is 573 g/mol. The minimum atomic E-state index is -4.78. The predicted molar refractivity (Wildman–Crippen MR) is 139 cm³/mol. The van der Waals surface area contributed by atoms with E-state index in [1.807, 2.05) is 0 Å². The molecule has 4 heterocycles. The number of likely N-dealkylation sites (N-methyl/N-ethyl adjacent to an activating group) is 1. The van der Waals surface area contributed by atoms with Gasteiger partial charge in [-0.25, -0.2) is 33.3 Å². The van der Waals surface area contributed by atoms with Crippen molar-refractivity contribution in [3.05, 3.63) is 24.7 Å². The van der Waals surface area contributed by atoms with Crippen LogP contribution in [0.1, 0.15) is 26.2 Å². The Morgan fingerprint density at radius 1 is 1.12 bits per heavy atom. The summed E-state index contributed by atoms with van der Waals surface area (Å²) in [4.78, 5) is 43.5. The molecule has 230 valence electrons. The van der Waals surface area contributed by atoms with E-state index in [1.54, 1.807) is 6.92 Å². The number of piperidine rings is 2. The molecule has 2 fully saturated rings. The monoisotopic (exact) mass is 603 g/mol. The summed E-state index contributed by atoms with van der Waals surface area (Å²) in [6, 6.07) is -1.25. The molecule has 0 spiro atoms. The van der Waals surface area contributed by atoms with Crippen molar-refractivity contribution in [3.63, 3.8) is 0 Å². The summed E-state index contributed by atoms with van der Waals surface area (Å²) >= 11 is 0. The Labute approximate surface area is 237 Å². The molecule has 0 unspecified atom stereocenters. The maximum atomic E-state index is 14.9. The molecule has 2 aliphatic heterocycles. The van der Waals surface area contributed by atoms with Gasteiger partial charge in [0, 0.05) is 45.6 Å². The Bertz CT molecular complexity index is 1250. The Balaban J connectivity index is 1.42. The summed E-state index contributed by atoms with van der Waals surface area (Å²) in [6.07, 6.45) is -3.98. The summed E-state index contributed by atoms with van der Waals surface area (Å²) in [5.74, 6) is -3.28. The molecule has 13 nitrogen and oxygen atoms in total. The SMILES string of the molecule is CCOc1cnc(NC(=O)N(C)[C@H]2CN(c3nccc(NC(=O)OC4(C(F)(F)F)CCNCC4)n3)CCC2(F)F)cn1. The van der Waals surface area contributed by atoms with E-state index in [2.05, 4.69) is 35.9 Å². The first-order valence-electron chi connectivity index (χ1n) is 13.1. The van der Waals surface area contributed by atoms with Crippen molar-refractivity contribution in [1.82, 2.24) is 30.2 Å². The third-order valence-corrected chi connectivity index (χ3v) is 6.91. The second-order valence-corrected chi connectivity index (χ2v) is 9.69. The minimum absolute atomic E-state index is 0.0191. The highest BCUT2D eigenvalue weighted by atomic mass is 19.4. The molecule has 4 rings (SSSR count). The molecule has 0 aliphatic carbocycles. The summed E-state index contributed by atoms with van der Waals surface area (Å²) in [7, 11) is 1.20. The van der Waals surface area contributed by atoms with Crippen LogP contribution in [0.2, 0.25) is 0 Å². The fourth-order valence-corrected chi connectivity index (χ4v) is 4.57. The maximum Gasteiger partial charge on any atom is 0.428 e. The van der Waals surface area contributed by atoms with Gasteiger partial charge in [0.05, 0.1) is 19.0 Å². The van der Waals surface area contributed by atoms with Crippen molar-refractivity contribution in [1.29, 1.82) is 0 Å². The van der Waals surface area contributed by atoms with Gasteiger partial charge in [0.15, 0.2) is 5.82 Å². The Hall–Kier alpha value is -4.09. The average Bonchev–Trinajstić information content (AvgIpc) is 2.94. The van der Waals surface area contributed by atoms with E-state index < -0.39 is 55.1 Å². The Morgan fingerprint density at radius 2 is 1.86 bits per heavy atom. The molecule has 18 heteroatoms. The van der Waals surface area contributed by atoms with Crippen molar-refractivity contribution in [3.8, 4) is 5.88 Å². The molecule has 2 saturated heterocycles. The third kappa shape index (κ3) is 7.03. The minimum Gasteiger partial charge on any atom is -0.477 e.